The smallest absolute Gasteiger partial charge is 0.248 e. The van der Waals surface area contributed by atoms with Crippen LogP contribution >= 0.6 is 0 Å². The van der Waals surface area contributed by atoms with E-state index in [4.69, 9.17) is 10.3 Å². The van der Waals surface area contributed by atoms with Gasteiger partial charge in [-0.1, -0.05) is 49.3 Å². The minimum absolute atomic E-state index is 0.301. The third kappa shape index (κ3) is 2.53. The van der Waals surface area contributed by atoms with E-state index in [-0.39, 0.29) is 6.04 Å². The van der Waals surface area contributed by atoms with E-state index in [0.29, 0.717) is 11.8 Å². The molecule has 0 amide bonds. The largest absolute Gasteiger partial charge is 0.337 e. The second-order valence-electron chi connectivity index (χ2n) is 4.19. The van der Waals surface area contributed by atoms with Gasteiger partial charge < -0.3 is 10.3 Å². The summed E-state index contributed by atoms with van der Waals surface area (Å²) in [5.41, 5.74) is 7.05. The molecule has 2 aromatic rings. The fourth-order valence-corrected chi connectivity index (χ4v) is 1.56. The van der Waals surface area contributed by atoms with Crippen LogP contribution in [0.4, 0.5) is 0 Å². The number of hydrogen-bond donors (Lipinski definition) is 1. The maximum atomic E-state index is 6.07. The summed E-state index contributed by atoms with van der Waals surface area (Å²) >= 11 is 0. The Hall–Kier alpha value is -1.68. The van der Waals surface area contributed by atoms with E-state index in [0.717, 1.165) is 17.8 Å². The highest BCUT2D eigenvalue weighted by Gasteiger charge is 2.18. The number of aromatic nitrogens is 2. The minimum Gasteiger partial charge on any atom is -0.337 e. The minimum atomic E-state index is -0.346. The van der Waals surface area contributed by atoms with Gasteiger partial charge >= 0.3 is 0 Å². The molecule has 1 aromatic heterocycles. The third-order valence-corrected chi connectivity index (χ3v) is 2.94. The van der Waals surface area contributed by atoms with Gasteiger partial charge in [0, 0.05) is 5.92 Å². The van der Waals surface area contributed by atoms with Crippen LogP contribution in [-0.4, -0.2) is 10.1 Å². The first kappa shape index (κ1) is 11.8. The number of rotatable bonds is 4. The van der Waals surface area contributed by atoms with Crippen LogP contribution in [0.25, 0.3) is 0 Å². The quantitative estimate of drug-likeness (QED) is 0.878. The van der Waals surface area contributed by atoms with Gasteiger partial charge in [-0.3, -0.25) is 0 Å². The molecule has 1 heterocycles. The number of benzene rings is 1. The van der Waals surface area contributed by atoms with Crippen molar-refractivity contribution < 1.29 is 4.52 Å². The van der Waals surface area contributed by atoms with Gasteiger partial charge in [0.15, 0.2) is 5.82 Å². The molecule has 0 bridgehead atoms. The fraction of sp³-hybridized carbons (Fsp3) is 0.385. The molecule has 0 saturated carbocycles. The van der Waals surface area contributed by atoms with E-state index >= 15 is 0 Å². The lowest BCUT2D eigenvalue weighted by molar-refractivity contribution is 0.360. The standard InChI is InChI=1S/C13H17N3O/c1-3-9(2)12-15-13(17-16-12)11(14)10-7-5-4-6-8-10/h4-9,11H,3,14H2,1-2H3/t9?,11-/m0/s1. The molecule has 90 valence electrons. The van der Waals surface area contributed by atoms with Crippen molar-refractivity contribution in [1.82, 2.24) is 10.1 Å². The molecule has 2 atom stereocenters. The zero-order valence-electron chi connectivity index (χ0n) is 10.1. The predicted octanol–water partition coefficient (Wildman–Crippen LogP) is 2.63. The Kier molecular flexibility index (Phi) is 3.54. The summed E-state index contributed by atoms with van der Waals surface area (Å²) in [6.45, 7) is 4.17. The van der Waals surface area contributed by atoms with Crippen molar-refractivity contribution >= 4 is 0 Å². The normalized spacial score (nSPS) is 14.5. The maximum Gasteiger partial charge on any atom is 0.248 e. The molecule has 0 aliphatic heterocycles. The van der Waals surface area contributed by atoms with Crippen LogP contribution in [0.1, 0.15) is 49.5 Å². The van der Waals surface area contributed by atoms with E-state index in [1.807, 2.05) is 30.3 Å². The third-order valence-electron chi connectivity index (χ3n) is 2.94. The summed E-state index contributed by atoms with van der Waals surface area (Å²) in [5.74, 6) is 1.51. The molecule has 0 fully saturated rings. The number of nitrogens with zero attached hydrogens (tertiary/aromatic N) is 2. The highest BCUT2D eigenvalue weighted by atomic mass is 16.5. The van der Waals surface area contributed by atoms with E-state index in [9.17, 15) is 0 Å². The summed E-state index contributed by atoms with van der Waals surface area (Å²) in [6.07, 6.45) is 0.986. The molecule has 2 rings (SSSR count). The van der Waals surface area contributed by atoms with Crippen molar-refractivity contribution in [2.45, 2.75) is 32.2 Å². The van der Waals surface area contributed by atoms with Gasteiger partial charge in [-0.05, 0) is 12.0 Å². The van der Waals surface area contributed by atoms with Crippen LogP contribution in [0.2, 0.25) is 0 Å². The number of hydrogen-bond acceptors (Lipinski definition) is 4. The summed E-state index contributed by atoms with van der Waals surface area (Å²) < 4.78 is 5.22. The molecular formula is C13H17N3O. The van der Waals surface area contributed by atoms with E-state index in [2.05, 4.69) is 24.0 Å². The monoisotopic (exact) mass is 231 g/mol. The van der Waals surface area contributed by atoms with Crippen molar-refractivity contribution in [1.29, 1.82) is 0 Å². The second kappa shape index (κ2) is 5.10. The molecule has 0 radical (unpaired) electrons. The van der Waals surface area contributed by atoms with Crippen LogP contribution in [0.15, 0.2) is 34.9 Å². The average Bonchev–Trinajstić information content (AvgIpc) is 2.87. The molecule has 0 spiro atoms. The SMILES string of the molecule is CCC(C)c1noc([C@@H](N)c2ccccc2)n1. The van der Waals surface area contributed by atoms with Gasteiger partial charge in [-0.2, -0.15) is 4.98 Å². The highest BCUT2D eigenvalue weighted by Crippen LogP contribution is 2.21. The molecule has 4 heteroatoms. The zero-order chi connectivity index (χ0) is 12.3. The summed E-state index contributed by atoms with van der Waals surface area (Å²) in [4.78, 5) is 4.35. The van der Waals surface area contributed by atoms with Gasteiger partial charge in [-0.15, -0.1) is 0 Å². The van der Waals surface area contributed by atoms with Crippen molar-refractivity contribution in [3.05, 3.63) is 47.6 Å². The summed E-state index contributed by atoms with van der Waals surface area (Å²) in [6, 6.07) is 9.41. The molecule has 2 N–H and O–H groups in total. The fourth-order valence-electron chi connectivity index (χ4n) is 1.56. The van der Waals surface area contributed by atoms with Crippen molar-refractivity contribution in [3.8, 4) is 0 Å². The van der Waals surface area contributed by atoms with Gasteiger partial charge in [-0.25, -0.2) is 0 Å². The van der Waals surface area contributed by atoms with Gasteiger partial charge in [0.25, 0.3) is 0 Å². The first-order chi connectivity index (χ1) is 8.22. The highest BCUT2D eigenvalue weighted by molar-refractivity contribution is 5.23. The summed E-state index contributed by atoms with van der Waals surface area (Å²) in [7, 11) is 0. The lowest BCUT2D eigenvalue weighted by atomic mass is 10.1. The molecule has 0 saturated heterocycles. The van der Waals surface area contributed by atoms with E-state index in [1.54, 1.807) is 0 Å². The Morgan fingerprint density at radius 3 is 2.65 bits per heavy atom. The van der Waals surface area contributed by atoms with Gasteiger partial charge in [0.05, 0.1) is 0 Å². The Labute approximate surface area is 101 Å². The Morgan fingerprint density at radius 1 is 1.29 bits per heavy atom. The molecular weight excluding hydrogens is 214 g/mol. The first-order valence-electron chi connectivity index (χ1n) is 5.86. The molecule has 1 aromatic carbocycles. The van der Waals surface area contributed by atoms with E-state index < -0.39 is 0 Å². The Bertz CT molecular complexity index is 467. The second-order valence-corrected chi connectivity index (χ2v) is 4.19. The lowest BCUT2D eigenvalue weighted by Gasteiger charge is -2.06. The molecule has 0 aliphatic rings. The van der Waals surface area contributed by atoms with Gasteiger partial charge in [0.1, 0.15) is 6.04 Å². The van der Waals surface area contributed by atoms with Crippen LogP contribution in [0, 0.1) is 0 Å². The van der Waals surface area contributed by atoms with Crippen molar-refractivity contribution in [2.75, 3.05) is 0 Å². The predicted molar refractivity (Wildman–Crippen MR) is 65.5 cm³/mol. The first-order valence-corrected chi connectivity index (χ1v) is 5.86. The maximum absolute atomic E-state index is 6.07. The zero-order valence-corrected chi connectivity index (χ0v) is 10.1. The average molecular weight is 231 g/mol. The molecule has 1 unspecified atom stereocenters. The van der Waals surface area contributed by atoms with Gasteiger partial charge in [0.2, 0.25) is 5.89 Å². The Balaban J connectivity index is 2.20. The van der Waals surface area contributed by atoms with Crippen LogP contribution < -0.4 is 5.73 Å². The molecule has 4 nitrogen and oxygen atoms in total. The molecule has 0 aliphatic carbocycles. The Morgan fingerprint density at radius 2 is 2.00 bits per heavy atom. The van der Waals surface area contributed by atoms with E-state index in [1.165, 1.54) is 0 Å². The van der Waals surface area contributed by atoms with Crippen molar-refractivity contribution in [3.63, 3.8) is 0 Å². The lowest BCUT2D eigenvalue weighted by Crippen LogP contribution is -2.12. The topological polar surface area (TPSA) is 64.9 Å². The molecule has 17 heavy (non-hydrogen) atoms. The van der Waals surface area contributed by atoms with Crippen molar-refractivity contribution in [2.24, 2.45) is 5.73 Å². The summed E-state index contributed by atoms with van der Waals surface area (Å²) in [5, 5.41) is 3.97. The number of nitrogens with two attached hydrogens (primary N) is 1. The van der Waals surface area contributed by atoms with Crippen LogP contribution in [0.5, 0.6) is 0 Å². The van der Waals surface area contributed by atoms with Crippen LogP contribution in [-0.2, 0) is 0 Å². The van der Waals surface area contributed by atoms with Crippen LogP contribution in [0.3, 0.4) is 0 Å².